The Morgan fingerprint density at radius 3 is 1.33 bits per heavy atom. The molecule has 0 fully saturated rings. The zero-order chi connectivity index (χ0) is 10.7. The largest absolute Gasteiger partial charge is 0.0622 e. The molecule has 1 aromatic carbocycles. The molecule has 15 heavy (non-hydrogen) atoms. The molecule has 2 aliphatic carbocycles. The van der Waals surface area contributed by atoms with Gasteiger partial charge in [0.1, 0.15) is 0 Å². The number of hydrogen-bond donors (Lipinski definition) is 0. The molecule has 0 N–H and O–H groups in total. The summed E-state index contributed by atoms with van der Waals surface area (Å²) < 4.78 is 0. The molecule has 0 spiro atoms. The van der Waals surface area contributed by atoms with Crippen molar-refractivity contribution in [3.8, 4) is 11.1 Å². The number of hydrogen-bond acceptors (Lipinski definition) is 0. The lowest BCUT2D eigenvalue weighted by molar-refractivity contribution is 0.867. The van der Waals surface area contributed by atoms with E-state index in [2.05, 4.69) is 62.4 Å². The molecule has 0 nitrogen and oxygen atoms in total. The average molecular weight is 196 g/mol. The van der Waals surface area contributed by atoms with E-state index in [1.807, 2.05) is 6.07 Å². The molecule has 0 atom stereocenters. The Labute approximate surface area is 91.6 Å². The zero-order valence-electron chi connectivity index (χ0n) is 9.27. The van der Waals surface area contributed by atoms with E-state index in [1.165, 1.54) is 16.7 Å². The molecule has 0 aliphatic heterocycles. The summed E-state index contributed by atoms with van der Waals surface area (Å²) in [4.78, 5) is 0. The van der Waals surface area contributed by atoms with Crippen LogP contribution in [0.15, 0.2) is 54.6 Å². The van der Waals surface area contributed by atoms with Crippen molar-refractivity contribution < 1.29 is 0 Å². The van der Waals surface area contributed by atoms with Crippen LogP contribution in [0.25, 0.3) is 11.1 Å². The molecule has 2 aliphatic rings. The van der Waals surface area contributed by atoms with Gasteiger partial charge in [0.25, 0.3) is 0 Å². The Bertz CT molecular complexity index is 389. The maximum absolute atomic E-state index is 2.20. The SMILES string of the molecule is CC(C)c1ccccc1.c1cc2ccc1-2. The van der Waals surface area contributed by atoms with Crippen LogP contribution in [0.2, 0.25) is 0 Å². The molecule has 0 heteroatoms. The second-order valence-electron chi connectivity index (χ2n) is 4.14. The van der Waals surface area contributed by atoms with Crippen molar-refractivity contribution in [1.82, 2.24) is 0 Å². The third kappa shape index (κ3) is 2.27. The van der Waals surface area contributed by atoms with Gasteiger partial charge in [0, 0.05) is 0 Å². The Morgan fingerprint density at radius 1 is 0.667 bits per heavy atom. The van der Waals surface area contributed by atoms with Gasteiger partial charge in [0.15, 0.2) is 0 Å². The predicted octanol–water partition coefficient (Wildman–Crippen LogP) is 4.48. The van der Waals surface area contributed by atoms with Gasteiger partial charge in [-0.1, -0.05) is 68.4 Å². The lowest BCUT2D eigenvalue weighted by Crippen LogP contribution is -1.85. The highest BCUT2D eigenvalue weighted by Gasteiger charge is 2.03. The maximum Gasteiger partial charge on any atom is -0.0184 e. The van der Waals surface area contributed by atoms with Crippen molar-refractivity contribution in [2.45, 2.75) is 19.8 Å². The monoisotopic (exact) mass is 196 g/mol. The molecule has 76 valence electrons. The minimum Gasteiger partial charge on any atom is -0.0622 e. The summed E-state index contributed by atoms with van der Waals surface area (Å²) in [6, 6.07) is 19.0. The van der Waals surface area contributed by atoms with Gasteiger partial charge in [0.2, 0.25) is 0 Å². The van der Waals surface area contributed by atoms with Gasteiger partial charge >= 0.3 is 0 Å². The van der Waals surface area contributed by atoms with E-state index < -0.39 is 0 Å². The van der Waals surface area contributed by atoms with Gasteiger partial charge in [-0.15, -0.1) is 0 Å². The topological polar surface area (TPSA) is 0 Å². The normalized spacial score (nSPS) is 10.6. The van der Waals surface area contributed by atoms with Gasteiger partial charge in [-0.05, 0) is 22.6 Å². The molecule has 3 rings (SSSR count). The molecule has 0 saturated carbocycles. The third-order valence-electron chi connectivity index (χ3n) is 2.68. The van der Waals surface area contributed by atoms with E-state index in [0.29, 0.717) is 5.92 Å². The molecular weight excluding hydrogens is 180 g/mol. The first-order valence-electron chi connectivity index (χ1n) is 5.43. The van der Waals surface area contributed by atoms with Crippen molar-refractivity contribution in [1.29, 1.82) is 0 Å². The lowest BCUT2D eigenvalue weighted by Gasteiger charge is -2.10. The van der Waals surface area contributed by atoms with E-state index in [9.17, 15) is 0 Å². The van der Waals surface area contributed by atoms with E-state index in [4.69, 9.17) is 0 Å². The molecule has 0 unspecified atom stereocenters. The fourth-order valence-corrected chi connectivity index (χ4v) is 1.50. The standard InChI is InChI=1S/C9H12.C6H4/c1-8(2)9-6-4-3-5-7-9;1-2-6-4-3-5(1)6/h3-8H,1-2H3;1-4H. The predicted molar refractivity (Wildman–Crippen MR) is 66.0 cm³/mol. The van der Waals surface area contributed by atoms with Crippen LogP contribution in [0, 0.1) is 0 Å². The van der Waals surface area contributed by atoms with Crippen molar-refractivity contribution in [2.24, 2.45) is 0 Å². The van der Waals surface area contributed by atoms with E-state index in [1.54, 1.807) is 0 Å². The fraction of sp³-hybridized carbons (Fsp3) is 0.200. The lowest BCUT2D eigenvalue weighted by atomic mass is 9.95. The summed E-state index contributed by atoms with van der Waals surface area (Å²) in [5, 5.41) is 0. The average Bonchev–Trinajstić information content (AvgIpc) is 2.25. The second kappa shape index (κ2) is 4.31. The minimum atomic E-state index is 0.659. The van der Waals surface area contributed by atoms with Crippen LogP contribution >= 0.6 is 0 Å². The number of fused-ring (bicyclic) bond motifs is 1. The summed E-state index contributed by atoms with van der Waals surface area (Å²) in [6.45, 7) is 4.41. The van der Waals surface area contributed by atoms with Gasteiger partial charge in [-0.2, -0.15) is 0 Å². The van der Waals surface area contributed by atoms with Gasteiger partial charge in [0.05, 0.1) is 0 Å². The van der Waals surface area contributed by atoms with Crippen LogP contribution in [-0.2, 0) is 0 Å². The van der Waals surface area contributed by atoms with Crippen LogP contribution < -0.4 is 0 Å². The second-order valence-corrected chi connectivity index (χ2v) is 4.14. The number of benzene rings is 2. The van der Waals surface area contributed by atoms with E-state index >= 15 is 0 Å². The van der Waals surface area contributed by atoms with E-state index in [0.717, 1.165) is 0 Å². The van der Waals surface area contributed by atoms with Crippen molar-refractivity contribution in [3.05, 3.63) is 60.2 Å². The molecule has 0 bridgehead atoms. The Hall–Kier alpha value is -1.56. The first-order valence-corrected chi connectivity index (χ1v) is 5.43. The molecule has 1 aromatic rings. The van der Waals surface area contributed by atoms with Gasteiger partial charge in [-0.25, -0.2) is 0 Å². The number of rotatable bonds is 1. The van der Waals surface area contributed by atoms with Crippen LogP contribution in [0.4, 0.5) is 0 Å². The first kappa shape index (κ1) is 9.97. The van der Waals surface area contributed by atoms with Crippen LogP contribution in [-0.4, -0.2) is 0 Å². The molecule has 0 aromatic heterocycles. The molecule has 0 heterocycles. The maximum atomic E-state index is 2.20. The quantitative estimate of drug-likeness (QED) is 0.538. The van der Waals surface area contributed by atoms with Gasteiger partial charge in [-0.3, -0.25) is 0 Å². The molecule has 0 radical (unpaired) electrons. The first-order chi connectivity index (χ1) is 7.27. The summed E-state index contributed by atoms with van der Waals surface area (Å²) in [6.07, 6.45) is 0. The Balaban J connectivity index is 0.000000121. The molecule has 0 amide bonds. The van der Waals surface area contributed by atoms with E-state index in [-0.39, 0.29) is 0 Å². The summed E-state index contributed by atoms with van der Waals surface area (Å²) in [5.74, 6) is 0.659. The van der Waals surface area contributed by atoms with Crippen LogP contribution in [0.3, 0.4) is 0 Å². The smallest absolute Gasteiger partial charge is 0.0184 e. The summed E-state index contributed by atoms with van der Waals surface area (Å²) in [7, 11) is 0. The van der Waals surface area contributed by atoms with Gasteiger partial charge < -0.3 is 0 Å². The summed E-state index contributed by atoms with van der Waals surface area (Å²) in [5.41, 5.74) is 4.27. The highest BCUT2D eigenvalue weighted by atomic mass is 14.1. The molecular formula is C15H16. The highest BCUT2D eigenvalue weighted by Crippen LogP contribution is 2.29. The zero-order valence-corrected chi connectivity index (χ0v) is 9.27. The third-order valence-corrected chi connectivity index (χ3v) is 2.68. The van der Waals surface area contributed by atoms with Crippen molar-refractivity contribution >= 4 is 0 Å². The summed E-state index contributed by atoms with van der Waals surface area (Å²) >= 11 is 0. The Morgan fingerprint density at radius 2 is 1.13 bits per heavy atom. The molecule has 0 saturated heterocycles. The fourth-order valence-electron chi connectivity index (χ4n) is 1.50. The van der Waals surface area contributed by atoms with Crippen LogP contribution in [0.1, 0.15) is 25.3 Å². The highest BCUT2D eigenvalue weighted by molar-refractivity contribution is 5.75. The van der Waals surface area contributed by atoms with Crippen molar-refractivity contribution in [2.75, 3.05) is 0 Å². The minimum absolute atomic E-state index is 0.659. The van der Waals surface area contributed by atoms with Crippen molar-refractivity contribution in [3.63, 3.8) is 0 Å². The Kier molecular flexibility index (Phi) is 2.86. The van der Waals surface area contributed by atoms with Crippen LogP contribution in [0.5, 0.6) is 0 Å².